The van der Waals surface area contributed by atoms with Gasteiger partial charge in [0.25, 0.3) is 5.69 Å². The lowest BCUT2D eigenvalue weighted by molar-refractivity contribution is -0.384. The number of hydrogen-bond donors (Lipinski definition) is 1. The van der Waals surface area contributed by atoms with Gasteiger partial charge in [0.1, 0.15) is 5.75 Å². The molecule has 1 fully saturated rings. The van der Waals surface area contributed by atoms with Gasteiger partial charge in [-0.05, 0) is 37.6 Å². The van der Waals surface area contributed by atoms with E-state index >= 15 is 0 Å². The largest absolute Gasteiger partial charge is 0.496 e. The van der Waals surface area contributed by atoms with Crippen molar-refractivity contribution in [2.75, 3.05) is 19.5 Å². The molecule has 0 heterocycles. The van der Waals surface area contributed by atoms with Gasteiger partial charge in [-0.15, -0.1) is 0 Å². The first kappa shape index (κ1) is 20.1. The quantitative estimate of drug-likeness (QED) is 0.514. The van der Waals surface area contributed by atoms with Crippen LogP contribution in [0.3, 0.4) is 0 Å². The molecule has 2 aromatic carbocycles. The average molecular weight is 383 g/mol. The number of non-ortho nitro benzene ring substituents is 1. The van der Waals surface area contributed by atoms with Gasteiger partial charge in [-0.3, -0.25) is 15.0 Å². The summed E-state index contributed by atoms with van der Waals surface area (Å²) in [5.74, 6) is 0.648. The minimum Gasteiger partial charge on any atom is -0.496 e. The summed E-state index contributed by atoms with van der Waals surface area (Å²) in [6.07, 6.45) is 6.55. The van der Waals surface area contributed by atoms with E-state index in [4.69, 9.17) is 4.74 Å². The van der Waals surface area contributed by atoms with Crippen LogP contribution in [-0.2, 0) is 13.1 Å². The Kier molecular flexibility index (Phi) is 6.87. The van der Waals surface area contributed by atoms with Gasteiger partial charge < -0.3 is 10.1 Å². The molecule has 1 aliphatic carbocycles. The third kappa shape index (κ3) is 5.01. The number of benzene rings is 2. The SMILES string of the molecule is COc1ccc([N+](=O)[O-])cc1CNc1ccccc1CN(C)C1CCCCC1. The van der Waals surface area contributed by atoms with E-state index in [1.165, 1.54) is 43.7 Å². The Bertz CT molecular complexity index is 803. The van der Waals surface area contributed by atoms with E-state index in [1.54, 1.807) is 19.2 Å². The lowest BCUT2D eigenvalue weighted by atomic mass is 9.94. The molecule has 0 saturated heterocycles. The van der Waals surface area contributed by atoms with Crippen molar-refractivity contribution in [3.8, 4) is 5.75 Å². The number of methoxy groups -OCH3 is 1. The van der Waals surface area contributed by atoms with Crippen molar-refractivity contribution in [2.45, 2.75) is 51.2 Å². The molecule has 2 aromatic rings. The number of hydrogen-bond acceptors (Lipinski definition) is 5. The van der Waals surface area contributed by atoms with Gasteiger partial charge in [-0.2, -0.15) is 0 Å². The number of rotatable bonds is 8. The van der Waals surface area contributed by atoms with Crippen molar-refractivity contribution in [3.05, 3.63) is 63.7 Å². The maximum atomic E-state index is 11.1. The summed E-state index contributed by atoms with van der Waals surface area (Å²) in [4.78, 5) is 13.2. The highest BCUT2D eigenvalue weighted by Crippen LogP contribution is 2.27. The molecule has 6 nitrogen and oxygen atoms in total. The smallest absolute Gasteiger partial charge is 0.270 e. The van der Waals surface area contributed by atoms with Crippen molar-refractivity contribution in [1.29, 1.82) is 0 Å². The second-order valence-corrected chi connectivity index (χ2v) is 7.47. The maximum absolute atomic E-state index is 11.1. The number of nitro benzene ring substituents is 1. The van der Waals surface area contributed by atoms with E-state index in [0.717, 1.165) is 17.8 Å². The minimum absolute atomic E-state index is 0.0721. The first-order chi connectivity index (χ1) is 13.6. The van der Waals surface area contributed by atoms with Gasteiger partial charge in [0.2, 0.25) is 0 Å². The van der Waals surface area contributed by atoms with Crippen LogP contribution < -0.4 is 10.1 Å². The summed E-state index contributed by atoms with van der Waals surface area (Å²) in [5.41, 5.74) is 3.13. The monoisotopic (exact) mass is 383 g/mol. The number of ether oxygens (including phenoxy) is 1. The Balaban J connectivity index is 1.71. The van der Waals surface area contributed by atoms with Crippen LogP contribution in [0.1, 0.15) is 43.2 Å². The summed E-state index contributed by atoms with van der Waals surface area (Å²) in [7, 11) is 3.79. The molecule has 28 heavy (non-hydrogen) atoms. The zero-order valence-electron chi connectivity index (χ0n) is 16.7. The Hall–Kier alpha value is -2.60. The van der Waals surface area contributed by atoms with Gasteiger partial charge in [-0.1, -0.05) is 37.5 Å². The number of para-hydroxylation sites is 1. The standard InChI is InChI=1S/C22H29N3O3/c1-24(19-9-4-3-5-10-19)16-17-8-6-7-11-21(17)23-15-18-14-20(25(26)27)12-13-22(18)28-2/h6-8,11-14,19,23H,3-5,9-10,15-16H2,1-2H3. The molecule has 0 unspecified atom stereocenters. The molecular formula is C22H29N3O3. The summed E-state index contributed by atoms with van der Waals surface area (Å²) in [6, 6.07) is 13.6. The molecule has 1 aliphatic rings. The molecular weight excluding hydrogens is 354 g/mol. The number of anilines is 1. The van der Waals surface area contributed by atoms with Crippen molar-refractivity contribution in [2.24, 2.45) is 0 Å². The normalized spacial score (nSPS) is 14.8. The van der Waals surface area contributed by atoms with E-state index < -0.39 is 0 Å². The number of nitrogens with one attached hydrogen (secondary N) is 1. The molecule has 0 atom stereocenters. The summed E-state index contributed by atoms with van der Waals surface area (Å²) >= 11 is 0. The molecule has 0 bridgehead atoms. The number of nitrogens with zero attached hydrogens (tertiary/aromatic N) is 2. The average Bonchev–Trinajstić information content (AvgIpc) is 2.73. The van der Waals surface area contributed by atoms with E-state index in [9.17, 15) is 10.1 Å². The van der Waals surface area contributed by atoms with Gasteiger partial charge in [0.05, 0.1) is 12.0 Å². The van der Waals surface area contributed by atoms with Crippen molar-refractivity contribution in [3.63, 3.8) is 0 Å². The highest BCUT2D eigenvalue weighted by atomic mass is 16.6. The van der Waals surface area contributed by atoms with Crippen molar-refractivity contribution >= 4 is 11.4 Å². The van der Waals surface area contributed by atoms with Gasteiger partial charge >= 0.3 is 0 Å². The Morgan fingerprint density at radius 3 is 2.61 bits per heavy atom. The Morgan fingerprint density at radius 1 is 1.14 bits per heavy atom. The fourth-order valence-electron chi connectivity index (χ4n) is 3.96. The zero-order chi connectivity index (χ0) is 19.9. The van der Waals surface area contributed by atoms with Gasteiger partial charge in [0.15, 0.2) is 0 Å². The molecule has 1 saturated carbocycles. The highest BCUT2D eigenvalue weighted by Gasteiger charge is 2.19. The van der Waals surface area contributed by atoms with Crippen molar-refractivity contribution < 1.29 is 9.66 Å². The summed E-state index contributed by atoms with van der Waals surface area (Å²) in [5, 5.41) is 14.5. The molecule has 0 spiro atoms. The Morgan fingerprint density at radius 2 is 1.89 bits per heavy atom. The lowest BCUT2D eigenvalue weighted by Gasteiger charge is -2.31. The fraction of sp³-hybridized carbons (Fsp3) is 0.455. The van der Waals surface area contributed by atoms with Crippen LogP contribution in [0, 0.1) is 10.1 Å². The van der Waals surface area contributed by atoms with Crippen molar-refractivity contribution in [1.82, 2.24) is 4.90 Å². The number of nitro groups is 1. The second-order valence-electron chi connectivity index (χ2n) is 7.47. The fourth-order valence-corrected chi connectivity index (χ4v) is 3.96. The highest BCUT2D eigenvalue weighted by molar-refractivity contribution is 5.53. The zero-order valence-corrected chi connectivity index (χ0v) is 16.7. The third-order valence-corrected chi connectivity index (χ3v) is 5.58. The molecule has 3 rings (SSSR count). The molecule has 0 aliphatic heterocycles. The molecule has 1 N–H and O–H groups in total. The van der Waals surface area contributed by atoms with Crippen LogP contribution in [0.4, 0.5) is 11.4 Å². The van der Waals surface area contributed by atoms with Crippen LogP contribution in [0.15, 0.2) is 42.5 Å². The first-order valence-electron chi connectivity index (χ1n) is 9.92. The van der Waals surface area contributed by atoms with E-state index in [0.29, 0.717) is 18.3 Å². The van der Waals surface area contributed by atoms with Crippen LogP contribution in [0.25, 0.3) is 0 Å². The third-order valence-electron chi connectivity index (χ3n) is 5.58. The Labute approximate surface area is 166 Å². The van der Waals surface area contributed by atoms with Crippen LogP contribution >= 0.6 is 0 Å². The second kappa shape index (κ2) is 9.55. The molecule has 0 radical (unpaired) electrons. The molecule has 150 valence electrons. The topological polar surface area (TPSA) is 67.6 Å². The maximum Gasteiger partial charge on any atom is 0.270 e. The summed E-state index contributed by atoms with van der Waals surface area (Å²) in [6.45, 7) is 1.36. The predicted molar refractivity (Wildman–Crippen MR) is 112 cm³/mol. The lowest BCUT2D eigenvalue weighted by Crippen LogP contribution is -2.33. The van der Waals surface area contributed by atoms with Gasteiger partial charge in [-0.25, -0.2) is 0 Å². The van der Waals surface area contributed by atoms with E-state index in [1.807, 2.05) is 6.07 Å². The molecule has 0 aromatic heterocycles. The van der Waals surface area contributed by atoms with Crippen LogP contribution in [0.2, 0.25) is 0 Å². The van der Waals surface area contributed by atoms with E-state index in [-0.39, 0.29) is 10.6 Å². The molecule has 0 amide bonds. The minimum atomic E-state index is -0.379. The van der Waals surface area contributed by atoms with Crippen LogP contribution in [-0.4, -0.2) is 30.0 Å². The first-order valence-corrected chi connectivity index (χ1v) is 9.92. The molecule has 6 heteroatoms. The predicted octanol–water partition coefficient (Wildman–Crippen LogP) is 4.98. The summed E-state index contributed by atoms with van der Waals surface area (Å²) < 4.78 is 5.37. The van der Waals surface area contributed by atoms with E-state index in [2.05, 4.69) is 35.5 Å². The van der Waals surface area contributed by atoms with Crippen LogP contribution in [0.5, 0.6) is 5.75 Å². The van der Waals surface area contributed by atoms with Gasteiger partial charge in [0, 0.05) is 42.5 Å².